The molecule has 0 aliphatic carbocycles. The van der Waals surface area contributed by atoms with E-state index in [1.807, 2.05) is 25.6 Å². The first-order chi connectivity index (χ1) is 12.5. The third-order valence-electron chi connectivity index (χ3n) is 4.94. The van der Waals surface area contributed by atoms with E-state index in [4.69, 9.17) is 4.74 Å². The lowest BCUT2D eigenvalue weighted by atomic mass is 10.00. The Balaban J connectivity index is 0.00000261. The minimum atomic E-state index is 0. The van der Waals surface area contributed by atoms with E-state index >= 15 is 0 Å². The first-order valence-electron chi connectivity index (χ1n) is 8.98. The van der Waals surface area contributed by atoms with Crippen molar-refractivity contribution in [3.05, 3.63) is 46.5 Å². The summed E-state index contributed by atoms with van der Waals surface area (Å²) in [6.45, 7) is 9.08. The molecule has 8 heteroatoms. The molecule has 0 radical (unpaired) electrons. The van der Waals surface area contributed by atoms with Crippen LogP contribution in [0, 0.1) is 20.8 Å². The normalized spacial score (nSPS) is 17.6. The molecular formula is C19H29IN6O. The smallest absolute Gasteiger partial charge is 0.194 e. The van der Waals surface area contributed by atoms with Gasteiger partial charge in [0.2, 0.25) is 0 Å². The van der Waals surface area contributed by atoms with Gasteiger partial charge in [-0.3, -0.25) is 4.99 Å². The molecule has 27 heavy (non-hydrogen) atoms. The number of benzene rings is 1. The summed E-state index contributed by atoms with van der Waals surface area (Å²) in [4.78, 5) is 6.69. The van der Waals surface area contributed by atoms with Crippen LogP contribution in [0.5, 0.6) is 0 Å². The van der Waals surface area contributed by atoms with Crippen LogP contribution in [0.2, 0.25) is 0 Å². The fourth-order valence-electron chi connectivity index (χ4n) is 3.31. The lowest BCUT2D eigenvalue weighted by Crippen LogP contribution is -2.48. The molecular weight excluding hydrogens is 455 g/mol. The number of morpholine rings is 1. The van der Waals surface area contributed by atoms with Crippen molar-refractivity contribution in [2.24, 2.45) is 12.0 Å². The fraction of sp³-hybridized carbons (Fsp3) is 0.526. The number of rotatable bonds is 3. The van der Waals surface area contributed by atoms with E-state index in [2.05, 4.69) is 57.5 Å². The van der Waals surface area contributed by atoms with E-state index in [-0.39, 0.29) is 30.1 Å². The minimum Gasteiger partial charge on any atom is -0.370 e. The highest BCUT2D eigenvalue weighted by Crippen LogP contribution is 2.25. The predicted molar refractivity (Wildman–Crippen MR) is 118 cm³/mol. The van der Waals surface area contributed by atoms with Crippen molar-refractivity contribution in [3.63, 3.8) is 0 Å². The van der Waals surface area contributed by atoms with Crippen molar-refractivity contribution < 1.29 is 4.74 Å². The number of nitrogens with zero attached hydrogens (tertiary/aromatic N) is 5. The van der Waals surface area contributed by atoms with Gasteiger partial charge in [-0.2, -0.15) is 0 Å². The summed E-state index contributed by atoms with van der Waals surface area (Å²) >= 11 is 0. The van der Waals surface area contributed by atoms with Crippen LogP contribution in [0.1, 0.15) is 34.4 Å². The van der Waals surface area contributed by atoms with Crippen LogP contribution in [-0.4, -0.2) is 52.4 Å². The number of guanidine groups is 1. The highest BCUT2D eigenvalue weighted by Gasteiger charge is 2.25. The number of aliphatic imine (C=N–C) groups is 1. The summed E-state index contributed by atoms with van der Waals surface area (Å²) in [7, 11) is 3.78. The zero-order valence-corrected chi connectivity index (χ0v) is 19.0. The molecule has 2 aromatic rings. The summed E-state index contributed by atoms with van der Waals surface area (Å²) in [5, 5.41) is 11.7. The summed E-state index contributed by atoms with van der Waals surface area (Å²) in [6.07, 6.45) is 0.0555. The van der Waals surface area contributed by atoms with E-state index in [0.717, 1.165) is 30.7 Å². The van der Waals surface area contributed by atoms with Crippen molar-refractivity contribution in [1.82, 2.24) is 25.0 Å². The molecule has 1 N–H and O–H groups in total. The molecule has 1 aliphatic rings. The van der Waals surface area contributed by atoms with Gasteiger partial charge >= 0.3 is 0 Å². The maximum absolute atomic E-state index is 6.04. The van der Waals surface area contributed by atoms with Gasteiger partial charge in [0.15, 0.2) is 11.8 Å². The van der Waals surface area contributed by atoms with E-state index in [0.29, 0.717) is 13.2 Å². The van der Waals surface area contributed by atoms with Crippen LogP contribution in [0.3, 0.4) is 0 Å². The van der Waals surface area contributed by atoms with E-state index in [1.54, 1.807) is 0 Å². The van der Waals surface area contributed by atoms with Crippen molar-refractivity contribution in [3.8, 4) is 0 Å². The van der Waals surface area contributed by atoms with Crippen LogP contribution >= 0.6 is 24.0 Å². The largest absolute Gasteiger partial charge is 0.370 e. The van der Waals surface area contributed by atoms with Gasteiger partial charge in [0, 0.05) is 20.6 Å². The SMILES string of the molecule is CN=C(NCc1nnc(C)n1C)N1CCOC(c2ccc(C)cc2C)C1.I. The molecule has 0 spiro atoms. The molecule has 0 bridgehead atoms. The number of halogens is 1. The molecule has 1 atom stereocenters. The van der Waals surface area contributed by atoms with Gasteiger partial charge in [0.05, 0.1) is 19.7 Å². The molecule has 0 amide bonds. The lowest BCUT2D eigenvalue weighted by Gasteiger charge is -2.35. The number of ether oxygens (including phenoxy) is 1. The number of aryl methyl sites for hydroxylation is 3. The predicted octanol–water partition coefficient (Wildman–Crippen LogP) is 2.51. The van der Waals surface area contributed by atoms with Gasteiger partial charge in [-0.05, 0) is 31.9 Å². The highest BCUT2D eigenvalue weighted by atomic mass is 127. The van der Waals surface area contributed by atoms with Gasteiger partial charge < -0.3 is 19.5 Å². The monoisotopic (exact) mass is 484 g/mol. The Morgan fingerprint density at radius 3 is 2.70 bits per heavy atom. The second-order valence-electron chi connectivity index (χ2n) is 6.79. The average Bonchev–Trinajstić information content (AvgIpc) is 2.94. The maximum atomic E-state index is 6.04. The van der Waals surface area contributed by atoms with Crippen LogP contribution < -0.4 is 5.32 Å². The number of nitrogens with one attached hydrogen (secondary N) is 1. The van der Waals surface area contributed by atoms with Crippen LogP contribution in [0.4, 0.5) is 0 Å². The van der Waals surface area contributed by atoms with Crippen LogP contribution in [0.25, 0.3) is 0 Å². The summed E-state index contributed by atoms with van der Waals surface area (Å²) in [5.41, 5.74) is 3.80. The molecule has 2 heterocycles. The second kappa shape index (κ2) is 9.50. The van der Waals surface area contributed by atoms with Crippen molar-refractivity contribution in [2.75, 3.05) is 26.7 Å². The third kappa shape index (κ3) is 4.98. The van der Waals surface area contributed by atoms with Gasteiger partial charge in [0.25, 0.3) is 0 Å². The minimum absolute atomic E-state index is 0. The Hall–Kier alpha value is -1.68. The van der Waals surface area contributed by atoms with Crippen LogP contribution in [0.15, 0.2) is 23.2 Å². The zero-order chi connectivity index (χ0) is 18.7. The van der Waals surface area contributed by atoms with E-state index in [1.165, 1.54) is 16.7 Å². The molecule has 1 aliphatic heterocycles. The summed E-state index contributed by atoms with van der Waals surface area (Å²) in [6, 6.07) is 6.53. The van der Waals surface area contributed by atoms with Crippen LogP contribution in [-0.2, 0) is 18.3 Å². The molecule has 3 rings (SSSR count). The number of hydrogen-bond acceptors (Lipinski definition) is 4. The number of hydrogen-bond donors (Lipinski definition) is 1. The second-order valence-corrected chi connectivity index (χ2v) is 6.79. The fourth-order valence-corrected chi connectivity index (χ4v) is 3.31. The highest BCUT2D eigenvalue weighted by molar-refractivity contribution is 14.0. The van der Waals surface area contributed by atoms with Gasteiger partial charge in [0.1, 0.15) is 11.9 Å². The quantitative estimate of drug-likeness (QED) is 0.412. The Kier molecular flexibility index (Phi) is 7.60. The lowest BCUT2D eigenvalue weighted by molar-refractivity contribution is -0.00835. The molecule has 1 unspecified atom stereocenters. The molecule has 7 nitrogen and oxygen atoms in total. The molecule has 1 aromatic carbocycles. The molecule has 1 fully saturated rings. The number of aromatic nitrogens is 3. The van der Waals surface area contributed by atoms with E-state index < -0.39 is 0 Å². The molecule has 0 saturated carbocycles. The van der Waals surface area contributed by atoms with Gasteiger partial charge in [-0.15, -0.1) is 34.2 Å². The Bertz CT molecular complexity index is 803. The first-order valence-corrected chi connectivity index (χ1v) is 8.98. The van der Waals surface area contributed by atoms with E-state index in [9.17, 15) is 0 Å². The van der Waals surface area contributed by atoms with Crippen molar-refractivity contribution >= 4 is 29.9 Å². The first kappa shape index (κ1) is 21.6. The third-order valence-corrected chi connectivity index (χ3v) is 4.94. The summed E-state index contributed by atoms with van der Waals surface area (Å²) < 4.78 is 8.03. The standard InChI is InChI=1S/C19H28N6O.HI/c1-13-6-7-16(14(2)10-13)17-12-25(8-9-26-17)19(20-4)21-11-18-23-22-15(3)24(18)5;/h6-7,10,17H,8-9,11-12H2,1-5H3,(H,20,21);1H. The topological polar surface area (TPSA) is 67.6 Å². The Morgan fingerprint density at radius 1 is 1.30 bits per heavy atom. The maximum Gasteiger partial charge on any atom is 0.194 e. The Morgan fingerprint density at radius 2 is 2.07 bits per heavy atom. The zero-order valence-electron chi connectivity index (χ0n) is 16.7. The van der Waals surface area contributed by atoms with Gasteiger partial charge in [-0.25, -0.2) is 0 Å². The molecule has 148 valence electrons. The molecule has 1 aromatic heterocycles. The van der Waals surface area contributed by atoms with Crippen molar-refractivity contribution in [1.29, 1.82) is 0 Å². The average molecular weight is 484 g/mol. The molecule has 1 saturated heterocycles. The van der Waals surface area contributed by atoms with Gasteiger partial charge in [-0.1, -0.05) is 23.8 Å². The summed E-state index contributed by atoms with van der Waals surface area (Å²) in [5.74, 6) is 2.66. The Labute approximate surface area is 178 Å². The van der Waals surface area contributed by atoms with Crippen molar-refractivity contribution in [2.45, 2.75) is 33.4 Å².